The molecule has 0 N–H and O–H groups in total. The van der Waals surface area contributed by atoms with Crippen LogP contribution in [0.3, 0.4) is 0 Å². The zero-order valence-electron chi connectivity index (χ0n) is 12.8. The van der Waals surface area contributed by atoms with Crippen molar-refractivity contribution < 1.29 is 9.13 Å². The van der Waals surface area contributed by atoms with E-state index >= 15 is 0 Å². The van der Waals surface area contributed by atoms with Gasteiger partial charge in [0.2, 0.25) is 0 Å². The molecule has 22 heavy (non-hydrogen) atoms. The zero-order chi connectivity index (χ0) is 15.4. The van der Waals surface area contributed by atoms with Gasteiger partial charge in [-0.3, -0.25) is 9.58 Å². The van der Waals surface area contributed by atoms with Gasteiger partial charge in [-0.25, -0.2) is 9.37 Å². The first kappa shape index (κ1) is 15.0. The smallest absolute Gasteiger partial charge is 0.165 e. The van der Waals surface area contributed by atoms with Crippen LogP contribution < -0.4 is 4.74 Å². The summed E-state index contributed by atoms with van der Waals surface area (Å²) < 4.78 is 20.6. The molecule has 1 aromatic heterocycles. The topological polar surface area (TPSA) is 43.2 Å². The largest absolute Gasteiger partial charge is 0.494 e. The molecular formula is C16H21FN4O. The lowest BCUT2D eigenvalue weighted by molar-refractivity contribution is 0.153. The third-order valence-electron chi connectivity index (χ3n) is 4.14. The monoisotopic (exact) mass is 304 g/mol. The van der Waals surface area contributed by atoms with Crippen LogP contribution in [0.25, 0.3) is 0 Å². The van der Waals surface area contributed by atoms with Crippen LogP contribution in [0.15, 0.2) is 30.9 Å². The quantitative estimate of drug-likeness (QED) is 0.850. The van der Waals surface area contributed by atoms with Gasteiger partial charge in [0.05, 0.1) is 7.11 Å². The fourth-order valence-electron chi connectivity index (χ4n) is 3.10. The lowest BCUT2D eigenvalue weighted by Crippen LogP contribution is -2.36. The van der Waals surface area contributed by atoms with Gasteiger partial charge in [-0.1, -0.05) is 6.07 Å². The number of benzene rings is 1. The van der Waals surface area contributed by atoms with Gasteiger partial charge in [0, 0.05) is 19.6 Å². The van der Waals surface area contributed by atoms with Crippen LogP contribution >= 0.6 is 0 Å². The predicted octanol–water partition coefficient (Wildman–Crippen LogP) is 2.34. The Balaban J connectivity index is 1.59. The van der Waals surface area contributed by atoms with Crippen LogP contribution in [0.1, 0.15) is 18.4 Å². The highest BCUT2D eigenvalue weighted by atomic mass is 19.1. The Morgan fingerprint density at radius 2 is 2.32 bits per heavy atom. The van der Waals surface area contributed by atoms with Crippen molar-refractivity contribution in [2.75, 3.05) is 20.2 Å². The van der Waals surface area contributed by atoms with Crippen molar-refractivity contribution in [3.05, 3.63) is 42.2 Å². The second kappa shape index (κ2) is 6.87. The molecule has 0 saturated carbocycles. The lowest BCUT2D eigenvalue weighted by atomic mass is 9.97. The van der Waals surface area contributed by atoms with Gasteiger partial charge in [0.1, 0.15) is 12.7 Å². The number of hydrogen-bond acceptors (Lipinski definition) is 4. The highest BCUT2D eigenvalue weighted by molar-refractivity contribution is 5.29. The fourth-order valence-corrected chi connectivity index (χ4v) is 3.10. The fraction of sp³-hybridized carbons (Fsp3) is 0.500. The number of nitrogens with zero attached hydrogens (tertiary/aromatic N) is 4. The Kier molecular flexibility index (Phi) is 4.68. The maximum absolute atomic E-state index is 13.8. The minimum Gasteiger partial charge on any atom is -0.494 e. The highest BCUT2D eigenvalue weighted by Crippen LogP contribution is 2.22. The number of likely N-dealkylation sites (tertiary alicyclic amines) is 1. The van der Waals surface area contributed by atoms with Gasteiger partial charge in [-0.05, 0) is 43.0 Å². The van der Waals surface area contributed by atoms with Crippen molar-refractivity contribution in [1.29, 1.82) is 0 Å². The van der Waals surface area contributed by atoms with Crippen molar-refractivity contribution in [2.45, 2.75) is 25.9 Å². The van der Waals surface area contributed by atoms with E-state index in [4.69, 9.17) is 4.74 Å². The molecule has 0 spiro atoms. The summed E-state index contributed by atoms with van der Waals surface area (Å²) >= 11 is 0. The Morgan fingerprint density at radius 1 is 1.41 bits per heavy atom. The Labute approximate surface area is 129 Å². The molecule has 5 nitrogen and oxygen atoms in total. The molecule has 1 aliphatic heterocycles. The standard InChI is InChI=1S/C16H21FN4O/c1-22-16-5-4-13(7-15(16)17)8-20-6-2-3-14(9-20)10-21-12-18-11-19-21/h4-5,7,11-12,14H,2-3,6,8-10H2,1H3. The molecule has 0 aliphatic carbocycles. The minimum absolute atomic E-state index is 0.295. The van der Waals surface area contributed by atoms with Crippen molar-refractivity contribution in [3.8, 4) is 5.75 Å². The van der Waals surface area contributed by atoms with Crippen LogP contribution in [0.4, 0.5) is 4.39 Å². The summed E-state index contributed by atoms with van der Waals surface area (Å²) in [6.07, 6.45) is 5.70. The van der Waals surface area contributed by atoms with E-state index in [1.54, 1.807) is 24.8 Å². The van der Waals surface area contributed by atoms with Crippen molar-refractivity contribution in [3.63, 3.8) is 0 Å². The second-order valence-corrected chi connectivity index (χ2v) is 5.83. The molecule has 1 saturated heterocycles. The number of halogens is 1. The third-order valence-corrected chi connectivity index (χ3v) is 4.14. The van der Waals surface area contributed by atoms with Gasteiger partial charge < -0.3 is 4.74 Å². The molecule has 1 atom stereocenters. The van der Waals surface area contributed by atoms with Crippen LogP contribution in [-0.2, 0) is 13.1 Å². The number of methoxy groups -OCH3 is 1. The summed E-state index contributed by atoms with van der Waals surface area (Å²) in [5.41, 5.74) is 0.986. The Bertz CT molecular complexity index is 602. The Morgan fingerprint density at radius 3 is 3.05 bits per heavy atom. The summed E-state index contributed by atoms with van der Waals surface area (Å²) in [7, 11) is 1.48. The molecule has 0 bridgehead atoms. The van der Waals surface area contributed by atoms with E-state index in [-0.39, 0.29) is 5.82 Å². The van der Waals surface area contributed by atoms with Gasteiger partial charge in [-0.15, -0.1) is 0 Å². The van der Waals surface area contributed by atoms with Crippen LogP contribution in [0, 0.1) is 11.7 Å². The van der Waals surface area contributed by atoms with E-state index in [1.165, 1.54) is 13.5 Å². The molecule has 1 fully saturated rings. The van der Waals surface area contributed by atoms with Gasteiger partial charge >= 0.3 is 0 Å². The average Bonchev–Trinajstić information content (AvgIpc) is 3.01. The second-order valence-electron chi connectivity index (χ2n) is 5.83. The van der Waals surface area contributed by atoms with Crippen LogP contribution in [0.5, 0.6) is 5.75 Å². The average molecular weight is 304 g/mol. The molecule has 1 aromatic carbocycles. The molecule has 6 heteroatoms. The summed E-state index contributed by atoms with van der Waals surface area (Å²) in [5.74, 6) is 0.571. The number of rotatable bonds is 5. The summed E-state index contributed by atoms with van der Waals surface area (Å²) in [4.78, 5) is 6.37. The van der Waals surface area contributed by atoms with E-state index in [1.807, 2.05) is 10.7 Å². The van der Waals surface area contributed by atoms with E-state index in [0.29, 0.717) is 11.7 Å². The van der Waals surface area contributed by atoms with E-state index in [0.717, 1.165) is 38.2 Å². The first-order valence-electron chi connectivity index (χ1n) is 7.62. The molecule has 2 aromatic rings. The molecule has 3 rings (SSSR count). The summed E-state index contributed by atoms with van der Waals surface area (Å²) in [6, 6.07) is 5.20. The van der Waals surface area contributed by atoms with E-state index < -0.39 is 0 Å². The van der Waals surface area contributed by atoms with Crippen molar-refractivity contribution in [2.24, 2.45) is 5.92 Å². The zero-order valence-corrected chi connectivity index (χ0v) is 12.8. The number of ether oxygens (including phenoxy) is 1. The van der Waals surface area contributed by atoms with Crippen molar-refractivity contribution in [1.82, 2.24) is 19.7 Å². The molecule has 1 aliphatic rings. The van der Waals surface area contributed by atoms with E-state index in [9.17, 15) is 4.39 Å². The predicted molar refractivity (Wildman–Crippen MR) is 81.0 cm³/mol. The Hall–Kier alpha value is -1.95. The van der Waals surface area contributed by atoms with Gasteiger partial charge in [-0.2, -0.15) is 5.10 Å². The van der Waals surface area contributed by atoms with Crippen LogP contribution in [0.2, 0.25) is 0 Å². The van der Waals surface area contributed by atoms with Crippen molar-refractivity contribution >= 4 is 0 Å². The normalized spacial score (nSPS) is 19.3. The molecular weight excluding hydrogens is 283 g/mol. The highest BCUT2D eigenvalue weighted by Gasteiger charge is 2.21. The van der Waals surface area contributed by atoms with Crippen LogP contribution in [-0.4, -0.2) is 39.9 Å². The molecule has 0 amide bonds. The third kappa shape index (κ3) is 3.62. The number of hydrogen-bond donors (Lipinski definition) is 0. The van der Waals surface area contributed by atoms with Gasteiger partial charge in [0.15, 0.2) is 11.6 Å². The first-order valence-corrected chi connectivity index (χ1v) is 7.62. The summed E-state index contributed by atoms with van der Waals surface area (Å²) in [6.45, 7) is 3.73. The maximum Gasteiger partial charge on any atom is 0.165 e. The maximum atomic E-state index is 13.8. The lowest BCUT2D eigenvalue weighted by Gasteiger charge is -2.32. The first-order chi connectivity index (χ1) is 10.7. The van der Waals surface area contributed by atoms with Gasteiger partial charge in [0.25, 0.3) is 0 Å². The number of piperidine rings is 1. The number of aromatic nitrogens is 3. The molecule has 0 radical (unpaired) electrons. The van der Waals surface area contributed by atoms with E-state index in [2.05, 4.69) is 15.0 Å². The molecule has 1 unspecified atom stereocenters. The summed E-state index contributed by atoms with van der Waals surface area (Å²) in [5, 5.41) is 4.17. The molecule has 2 heterocycles. The molecule has 118 valence electrons. The minimum atomic E-state index is -0.295. The SMILES string of the molecule is COc1ccc(CN2CCCC(Cn3cncn3)C2)cc1F.